The van der Waals surface area contributed by atoms with Gasteiger partial charge in [0, 0.05) is 20.7 Å². The molecule has 0 bridgehead atoms. The topological polar surface area (TPSA) is 79.8 Å². The number of nitrogens with one attached hydrogen (secondary N) is 2. The first kappa shape index (κ1) is 19.0. The van der Waals surface area contributed by atoms with Gasteiger partial charge in [-0.2, -0.15) is 5.10 Å². The number of hydrazone groups is 1. The maximum absolute atomic E-state index is 11.9. The van der Waals surface area contributed by atoms with Crippen molar-refractivity contribution < 1.29 is 14.3 Å². The highest BCUT2D eigenvalue weighted by molar-refractivity contribution is 9.10. The van der Waals surface area contributed by atoms with Crippen LogP contribution in [0.1, 0.15) is 11.1 Å². The van der Waals surface area contributed by atoms with Crippen LogP contribution in [0.5, 0.6) is 5.75 Å². The number of benzene rings is 2. The smallest absolute Gasteiger partial charge is 0.329 e. The van der Waals surface area contributed by atoms with Gasteiger partial charge in [-0.05, 0) is 42.8 Å². The first-order valence-electron chi connectivity index (χ1n) is 7.15. The number of anilines is 1. The minimum Gasteiger partial charge on any atom is -0.496 e. The number of amides is 2. The van der Waals surface area contributed by atoms with Gasteiger partial charge in [0.15, 0.2) is 0 Å². The van der Waals surface area contributed by atoms with E-state index in [0.717, 1.165) is 4.47 Å². The summed E-state index contributed by atoms with van der Waals surface area (Å²) in [5.74, 6) is -1.16. The Morgan fingerprint density at radius 2 is 2.00 bits per heavy atom. The lowest BCUT2D eigenvalue weighted by Crippen LogP contribution is -2.32. The van der Waals surface area contributed by atoms with Crippen LogP contribution in [0.2, 0.25) is 5.02 Å². The molecule has 0 unspecified atom stereocenters. The third-order valence-electron chi connectivity index (χ3n) is 3.28. The number of rotatable bonds is 4. The number of methoxy groups -OCH3 is 1. The van der Waals surface area contributed by atoms with Crippen LogP contribution in [-0.2, 0) is 9.59 Å². The Morgan fingerprint density at radius 3 is 2.72 bits per heavy atom. The molecule has 0 saturated heterocycles. The van der Waals surface area contributed by atoms with Crippen LogP contribution in [0.4, 0.5) is 5.69 Å². The summed E-state index contributed by atoms with van der Waals surface area (Å²) in [4.78, 5) is 23.8. The Hall–Kier alpha value is -2.38. The van der Waals surface area contributed by atoms with Crippen molar-refractivity contribution in [1.82, 2.24) is 5.43 Å². The Morgan fingerprint density at radius 1 is 1.24 bits per heavy atom. The Balaban J connectivity index is 2.01. The third-order valence-corrected chi connectivity index (χ3v) is 4.19. The minimum atomic E-state index is -0.899. The number of nitrogens with zero attached hydrogens (tertiary/aromatic N) is 1. The second-order valence-corrected chi connectivity index (χ2v) is 6.27. The molecule has 25 heavy (non-hydrogen) atoms. The predicted molar refractivity (Wildman–Crippen MR) is 101 cm³/mol. The summed E-state index contributed by atoms with van der Waals surface area (Å²) in [7, 11) is 1.53. The van der Waals surface area contributed by atoms with E-state index in [1.807, 2.05) is 6.07 Å². The molecule has 0 aromatic heterocycles. The number of hydrogen-bond donors (Lipinski definition) is 2. The molecule has 2 N–H and O–H groups in total. The van der Waals surface area contributed by atoms with Gasteiger partial charge in [0.25, 0.3) is 0 Å². The molecular weight excluding hydrogens is 410 g/mol. The van der Waals surface area contributed by atoms with Crippen LogP contribution < -0.4 is 15.5 Å². The van der Waals surface area contributed by atoms with E-state index >= 15 is 0 Å². The van der Waals surface area contributed by atoms with Crippen molar-refractivity contribution in [3.05, 3.63) is 57.0 Å². The second kappa shape index (κ2) is 8.64. The van der Waals surface area contributed by atoms with Gasteiger partial charge >= 0.3 is 11.8 Å². The summed E-state index contributed by atoms with van der Waals surface area (Å²) in [6.45, 7) is 1.74. The fourth-order valence-corrected chi connectivity index (χ4v) is 2.49. The van der Waals surface area contributed by atoms with Gasteiger partial charge in [-0.3, -0.25) is 9.59 Å². The zero-order chi connectivity index (χ0) is 18.4. The van der Waals surface area contributed by atoms with Gasteiger partial charge in [-0.1, -0.05) is 33.6 Å². The van der Waals surface area contributed by atoms with Crippen molar-refractivity contribution in [2.75, 3.05) is 12.4 Å². The van der Waals surface area contributed by atoms with E-state index in [0.29, 0.717) is 27.6 Å². The van der Waals surface area contributed by atoms with Crippen LogP contribution in [0, 0.1) is 6.92 Å². The van der Waals surface area contributed by atoms with Gasteiger partial charge in [-0.15, -0.1) is 0 Å². The molecule has 2 amide bonds. The van der Waals surface area contributed by atoms with Crippen LogP contribution in [-0.4, -0.2) is 25.1 Å². The molecule has 0 saturated carbocycles. The van der Waals surface area contributed by atoms with Crippen LogP contribution in [0.25, 0.3) is 0 Å². The molecule has 0 fully saturated rings. The van der Waals surface area contributed by atoms with Crippen molar-refractivity contribution >= 4 is 51.2 Å². The molecule has 0 aliphatic carbocycles. The molecule has 0 aliphatic rings. The average Bonchev–Trinajstić information content (AvgIpc) is 2.59. The first-order chi connectivity index (χ1) is 11.9. The van der Waals surface area contributed by atoms with E-state index in [1.54, 1.807) is 37.3 Å². The lowest BCUT2D eigenvalue weighted by atomic mass is 10.2. The summed E-state index contributed by atoms with van der Waals surface area (Å²) < 4.78 is 6.02. The van der Waals surface area contributed by atoms with E-state index in [1.165, 1.54) is 13.3 Å². The molecule has 6 nitrogen and oxygen atoms in total. The quantitative estimate of drug-likeness (QED) is 0.448. The maximum Gasteiger partial charge on any atom is 0.329 e. The Labute approximate surface area is 158 Å². The fraction of sp³-hybridized carbons (Fsp3) is 0.118. The third kappa shape index (κ3) is 5.04. The average molecular weight is 425 g/mol. The van der Waals surface area contributed by atoms with Crippen LogP contribution >= 0.6 is 27.5 Å². The van der Waals surface area contributed by atoms with Crippen molar-refractivity contribution in [2.45, 2.75) is 6.92 Å². The first-order valence-corrected chi connectivity index (χ1v) is 8.32. The molecule has 0 aliphatic heterocycles. The number of hydrogen-bond acceptors (Lipinski definition) is 4. The Kier molecular flexibility index (Phi) is 6.55. The molecule has 0 spiro atoms. The van der Waals surface area contributed by atoms with Crippen molar-refractivity contribution in [3.8, 4) is 5.75 Å². The van der Waals surface area contributed by atoms with E-state index in [9.17, 15) is 9.59 Å². The van der Waals surface area contributed by atoms with Gasteiger partial charge in [-0.25, -0.2) is 5.43 Å². The molecular formula is C17H15BrClN3O3. The molecule has 2 aromatic rings. The second-order valence-electron chi connectivity index (χ2n) is 4.95. The molecule has 2 rings (SSSR count). The maximum atomic E-state index is 11.9. The molecule has 8 heteroatoms. The zero-order valence-corrected chi connectivity index (χ0v) is 15.8. The molecule has 0 heterocycles. The molecule has 0 atom stereocenters. The van der Waals surface area contributed by atoms with Crippen molar-refractivity contribution in [2.24, 2.45) is 5.10 Å². The highest BCUT2D eigenvalue weighted by Gasteiger charge is 2.14. The summed E-state index contributed by atoms with van der Waals surface area (Å²) in [6.07, 6.45) is 1.39. The normalized spacial score (nSPS) is 10.6. The number of carbonyl (C=O) groups is 2. The van der Waals surface area contributed by atoms with E-state index in [-0.39, 0.29) is 0 Å². The lowest BCUT2D eigenvalue weighted by molar-refractivity contribution is -0.136. The fourth-order valence-electron chi connectivity index (χ4n) is 1.94. The van der Waals surface area contributed by atoms with Gasteiger partial charge < -0.3 is 10.1 Å². The van der Waals surface area contributed by atoms with Crippen molar-refractivity contribution in [1.29, 1.82) is 0 Å². The summed E-state index contributed by atoms with van der Waals surface area (Å²) in [6, 6.07) is 10.4. The lowest BCUT2D eigenvalue weighted by Gasteiger charge is -2.08. The van der Waals surface area contributed by atoms with E-state index in [4.69, 9.17) is 16.3 Å². The summed E-state index contributed by atoms with van der Waals surface area (Å²) in [5.41, 5.74) is 3.95. The molecule has 2 aromatic carbocycles. The van der Waals surface area contributed by atoms with Crippen LogP contribution in [0.15, 0.2) is 46.0 Å². The van der Waals surface area contributed by atoms with Gasteiger partial charge in [0.1, 0.15) is 5.75 Å². The Bertz CT molecular complexity index is 840. The predicted octanol–water partition coefficient (Wildman–Crippen LogP) is 3.51. The highest BCUT2D eigenvalue weighted by atomic mass is 79.9. The number of halogens is 2. The zero-order valence-electron chi connectivity index (χ0n) is 13.5. The summed E-state index contributed by atoms with van der Waals surface area (Å²) in [5, 5.41) is 6.77. The highest BCUT2D eigenvalue weighted by Crippen LogP contribution is 2.23. The minimum absolute atomic E-state index is 0.463. The van der Waals surface area contributed by atoms with Gasteiger partial charge in [0.05, 0.1) is 13.3 Å². The number of carbonyl (C=O) groups excluding carboxylic acids is 2. The van der Waals surface area contributed by atoms with Gasteiger partial charge in [0.2, 0.25) is 0 Å². The van der Waals surface area contributed by atoms with Crippen molar-refractivity contribution in [3.63, 3.8) is 0 Å². The molecule has 0 radical (unpaired) electrons. The number of ether oxygens (including phenoxy) is 1. The van der Waals surface area contributed by atoms with Crippen LogP contribution in [0.3, 0.4) is 0 Å². The monoisotopic (exact) mass is 423 g/mol. The largest absolute Gasteiger partial charge is 0.496 e. The summed E-state index contributed by atoms with van der Waals surface area (Å²) >= 11 is 9.32. The van der Waals surface area contributed by atoms with E-state index in [2.05, 4.69) is 31.8 Å². The SMILES string of the molecule is COc1ccc(Br)cc1/C=N/NC(=O)C(=O)Nc1cccc(Cl)c1C. The molecule has 130 valence electrons. The van der Waals surface area contributed by atoms with E-state index < -0.39 is 11.8 Å². The standard InChI is InChI=1S/C17H15BrClN3O3/c1-10-13(19)4-3-5-14(10)21-16(23)17(24)22-20-9-11-8-12(18)6-7-15(11)25-2/h3-9H,1-2H3,(H,21,23)(H,22,24)/b20-9+.